The van der Waals surface area contributed by atoms with E-state index in [4.69, 9.17) is 17.2 Å². The summed E-state index contributed by atoms with van der Waals surface area (Å²) in [4.78, 5) is 22.3. The predicted molar refractivity (Wildman–Crippen MR) is 58.8 cm³/mol. The zero-order chi connectivity index (χ0) is 12.0. The Balaban J connectivity index is 4.04. The molecular weight excluding hydrogens is 194 g/mol. The van der Waals surface area contributed by atoms with Crippen molar-refractivity contribution in [1.82, 2.24) is 0 Å². The van der Waals surface area contributed by atoms with E-state index in [-0.39, 0.29) is 11.8 Å². The highest BCUT2D eigenvalue weighted by molar-refractivity contribution is 6.02. The Bertz CT molecular complexity index is 231. The van der Waals surface area contributed by atoms with Crippen LogP contribution in [0.5, 0.6) is 0 Å². The molecule has 15 heavy (non-hydrogen) atoms. The van der Waals surface area contributed by atoms with Crippen molar-refractivity contribution in [3.63, 3.8) is 0 Å². The largest absolute Gasteiger partial charge is 0.369 e. The fraction of sp³-hybridized carbons (Fsp3) is 0.800. The van der Waals surface area contributed by atoms with E-state index in [0.29, 0.717) is 12.8 Å². The van der Waals surface area contributed by atoms with Crippen LogP contribution in [-0.2, 0) is 9.59 Å². The number of Topliss-reactive ketones (excluding diaryl/α,β-unsaturated/α-hetero) is 1. The smallest absolute Gasteiger partial charge is 0.227 e. The maximum atomic E-state index is 11.5. The van der Waals surface area contributed by atoms with Crippen LogP contribution in [0.1, 0.15) is 33.1 Å². The van der Waals surface area contributed by atoms with E-state index in [9.17, 15) is 9.59 Å². The maximum Gasteiger partial charge on any atom is 0.227 e. The van der Waals surface area contributed by atoms with Crippen LogP contribution in [0.2, 0.25) is 0 Å². The molecule has 0 heterocycles. The van der Waals surface area contributed by atoms with Gasteiger partial charge in [0.05, 0.1) is 12.0 Å². The third-order valence-electron chi connectivity index (χ3n) is 2.59. The minimum absolute atomic E-state index is 0.0627. The summed E-state index contributed by atoms with van der Waals surface area (Å²) in [6.45, 7) is 3.45. The van der Waals surface area contributed by atoms with Crippen molar-refractivity contribution in [2.45, 2.75) is 45.2 Å². The molecule has 0 saturated carbocycles. The summed E-state index contributed by atoms with van der Waals surface area (Å²) in [6.07, 6.45) is 2.05. The SMILES string of the molecule is CCC(N)CCC(N)C(=O)C(C)C(N)=O. The van der Waals surface area contributed by atoms with E-state index in [1.807, 2.05) is 6.92 Å². The number of primary amides is 1. The van der Waals surface area contributed by atoms with Crippen LogP contribution in [0.15, 0.2) is 0 Å². The van der Waals surface area contributed by atoms with Gasteiger partial charge in [-0.15, -0.1) is 0 Å². The van der Waals surface area contributed by atoms with Gasteiger partial charge in [0.15, 0.2) is 5.78 Å². The van der Waals surface area contributed by atoms with Gasteiger partial charge in [0.25, 0.3) is 0 Å². The molecule has 5 nitrogen and oxygen atoms in total. The highest BCUT2D eigenvalue weighted by Crippen LogP contribution is 2.06. The van der Waals surface area contributed by atoms with Crippen LogP contribution < -0.4 is 17.2 Å². The molecule has 0 aromatic rings. The van der Waals surface area contributed by atoms with Gasteiger partial charge in [-0.1, -0.05) is 6.92 Å². The molecule has 0 radical (unpaired) electrons. The molecular formula is C10H21N3O2. The molecule has 0 saturated heterocycles. The molecule has 6 N–H and O–H groups in total. The predicted octanol–water partition coefficient (Wildman–Crippen LogP) is -0.478. The molecule has 0 aromatic carbocycles. The van der Waals surface area contributed by atoms with Gasteiger partial charge in [-0.3, -0.25) is 9.59 Å². The second-order valence-corrected chi connectivity index (χ2v) is 3.88. The number of carbonyl (C=O) groups excluding carboxylic acids is 2. The molecule has 0 fully saturated rings. The quantitative estimate of drug-likeness (QED) is 0.498. The molecule has 0 bridgehead atoms. The van der Waals surface area contributed by atoms with E-state index in [1.165, 1.54) is 6.92 Å². The van der Waals surface area contributed by atoms with E-state index < -0.39 is 17.9 Å². The van der Waals surface area contributed by atoms with Crippen LogP contribution in [0.25, 0.3) is 0 Å². The summed E-state index contributed by atoms with van der Waals surface area (Å²) in [6, 6.07) is -0.571. The Morgan fingerprint density at radius 1 is 1.20 bits per heavy atom. The lowest BCUT2D eigenvalue weighted by molar-refractivity contribution is -0.132. The lowest BCUT2D eigenvalue weighted by atomic mass is 9.95. The summed E-state index contributed by atoms with van der Waals surface area (Å²) in [7, 11) is 0. The first-order valence-corrected chi connectivity index (χ1v) is 5.24. The first-order chi connectivity index (χ1) is 6.90. The normalized spacial score (nSPS) is 16.8. The number of nitrogens with two attached hydrogens (primary N) is 3. The third kappa shape index (κ3) is 4.90. The molecule has 3 atom stereocenters. The topological polar surface area (TPSA) is 112 Å². The lowest BCUT2D eigenvalue weighted by Gasteiger charge is -2.15. The van der Waals surface area contributed by atoms with E-state index >= 15 is 0 Å². The van der Waals surface area contributed by atoms with Crippen molar-refractivity contribution in [3.05, 3.63) is 0 Å². The van der Waals surface area contributed by atoms with Crippen molar-refractivity contribution in [1.29, 1.82) is 0 Å². The van der Waals surface area contributed by atoms with Crippen molar-refractivity contribution < 1.29 is 9.59 Å². The number of hydrogen-bond acceptors (Lipinski definition) is 4. The van der Waals surface area contributed by atoms with Crippen molar-refractivity contribution in [2.24, 2.45) is 23.1 Å². The summed E-state index contributed by atoms with van der Waals surface area (Å²) in [5.74, 6) is -1.74. The van der Waals surface area contributed by atoms with Crippen LogP contribution in [-0.4, -0.2) is 23.8 Å². The van der Waals surface area contributed by atoms with Crippen LogP contribution in [0.3, 0.4) is 0 Å². The summed E-state index contributed by atoms with van der Waals surface area (Å²) < 4.78 is 0. The van der Waals surface area contributed by atoms with Crippen LogP contribution >= 0.6 is 0 Å². The number of carbonyl (C=O) groups is 2. The zero-order valence-corrected chi connectivity index (χ0v) is 9.40. The Labute approximate surface area is 90.4 Å². The van der Waals surface area contributed by atoms with Crippen molar-refractivity contribution in [2.75, 3.05) is 0 Å². The fourth-order valence-electron chi connectivity index (χ4n) is 1.20. The average molecular weight is 215 g/mol. The lowest BCUT2D eigenvalue weighted by Crippen LogP contribution is -2.40. The third-order valence-corrected chi connectivity index (χ3v) is 2.59. The van der Waals surface area contributed by atoms with Crippen molar-refractivity contribution >= 4 is 11.7 Å². The molecule has 1 amide bonds. The molecule has 0 aliphatic heterocycles. The monoisotopic (exact) mass is 215 g/mol. The van der Waals surface area contributed by atoms with Gasteiger partial charge >= 0.3 is 0 Å². The second-order valence-electron chi connectivity index (χ2n) is 3.88. The first-order valence-electron chi connectivity index (χ1n) is 5.24. The van der Waals surface area contributed by atoms with Gasteiger partial charge in [-0.2, -0.15) is 0 Å². The molecule has 3 unspecified atom stereocenters. The Morgan fingerprint density at radius 3 is 2.13 bits per heavy atom. The maximum absolute atomic E-state index is 11.5. The van der Waals surface area contributed by atoms with Gasteiger partial charge in [0.1, 0.15) is 0 Å². The number of amides is 1. The highest BCUT2D eigenvalue weighted by atomic mass is 16.2. The van der Waals surface area contributed by atoms with Crippen LogP contribution in [0.4, 0.5) is 0 Å². The molecule has 0 aliphatic rings. The van der Waals surface area contributed by atoms with E-state index in [2.05, 4.69) is 0 Å². The van der Waals surface area contributed by atoms with E-state index in [0.717, 1.165) is 6.42 Å². The summed E-state index contributed by atoms with van der Waals surface area (Å²) >= 11 is 0. The first kappa shape index (κ1) is 14.1. The van der Waals surface area contributed by atoms with Gasteiger partial charge in [0.2, 0.25) is 5.91 Å². The second kappa shape index (κ2) is 6.53. The molecule has 0 aromatic heterocycles. The fourth-order valence-corrected chi connectivity index (χ4v) is 1.20. The minimum Gasteiger partial charge on any atom is -0.369 e. The Kier molecular flexibility index (Phi) is 6.12. The number of ketones is 1. The highest BCUT2D eigenvalue weighted by Gasteiger charge is 2.24. The standard InChI is InChI=1S/C10H21N3O2/c1-3-7(11)4-5-8(12)9(14)6(2)10(13)15/h6-8H,3-5,11-12H2,1-2H3,(H2,13,15). The molecule has 0 spiro atoms. The molecule has 0 rings (SSSR count). The van der Waals surface area contributed by atoms with Gasteiger partial charge in [-0.05, 0) is 26.2 Å². The number of hydrogen-bond donors (Lipinski definition) is 3. The number of rotatable bonds is 7. The molecule has 88 valence electrons. The zero-order valence-electron chi connectivity index (χ0n) is 9.40. The Hall–Kier alpha value is -0.940. The molecule has 0 aliphatic carbocycles. The van der Waals surface area contributed by atoms with Gasteiger partial charge in [-0.25, -0.2) is 0 Å². The average Bonchev–Trinajstić information content (AvgIpc) is 2.22. The summed E-state index contributed by atoms with van der Waals surface area (Å²) in [5.41, 5.74) is 16.4. The van der Waals surface area contributed by atoms with Gasteiger partial charge in [0, 0.05) is 6.04 Å². The summed E-state index contributed by atoms with van der Waals surface area (Å²) in [5, 5.41) is 0. The Morgan fingerprint density at radius 2 is 1.73 bits per heavy atom. The van der Waals surface area contributed by atoms with E-state index in [1.54, 1.807) is 0 Å². The van der Waals surface area contributed by atoms with Crippen molar-refractivity contribution in [3.8, 4) is 0 Å². The molecule has 5 heteroatoms. The van der Waals surface area contributed by atoms with Crippen LogP contribution in [0, 0.1) is 5.92 Å². The van der Waals surface area contributed by atoms with Gasteiger partial charge < -0.3 is 17.2 Å². The minimum atomic E-state index is -0.808.